The summed E-state index contributed by atoms with van der Waals surface area (Å²) in [6, 6.07) is 0. The van der Waals surface area contributed by atoms with Crippen LogP contribution in [-0.4, -0.2) is 48.1 Å². The van der Waals surface area contributed by atoms with Crippen molar-refractivity contribution in [2.75, 3.05) is 26.2 Å². The molecule has 2 N–H and O–H groups in total. The van der Waals surface area contributed by atoms with E-state index in [0.717, 1.165) is 19.6 Å². The Bertz CT molecular complexity index is 294. The van der Waals surface area contributed by atoms with Crippen LogP contribution in [0.5, 0.6) is 0 Å². The standard InChI is InChI=1S/C13H24N2O3/c1-10-4-3-6-15(9-10)7-5-12(16)14-8-11(2)13(17)18/h10-11H,3-9H2,1-2H3,(H,14,16)(H,17,18). The van der Waals surface area contributed by atoms with E-state index in [2.05, 4.69) is 17.1 Å². The lowest BCUT2D eigenvalue weighted by Crippen LogP contribution is -2.38. The quantitative estimate of drug-likeness (QED) is 0.742. The fraction of sp³-hybridized carbons (Fsp3) is 0.846. The van der Waals surface area contributed by atoms with Gasteiger partial charge in [0.15, 0.2) is 0 Å². The van der Waals surface area contributed by atoms with E-state index in [1.165, 1.54) is 12.8 Å². The van der Waals surface area contributed by atoms with Gasteiger partial charge >= 0.3 is 5.97 Å². The van der Waals surface area contributed by atoms with E-state index in [9.17, 15) is 9.59 Å². The second kappa shape index (κ2) is 7.36. The molecule has 104 valence electrons. The Kier molecular flexibility index (Phi) is 6.12. The van der Waals surface area contributed by atoms with Gasteiger partial charge in [-0.05, 0) is 25.3 Å². The number of hydrogen-bond acceptors (Lipinski definition) is 3. The summed E-state index contributed by atoms with van der Waals surface area (Å²) in [6.07, 6.45) is 2.94. The molecular weight excluding hydrogens is 232 g/mol. The largest absolute Gasteiger partial charge is 0.481 e. The van der Waals surface area contributed by atoms with E-state index < -0.39 is 11.9 Å². The highest BCUT2D eigenvalue weighted by Gasteiger charge is 2.17. The number of aliphatic carboxylic acids is 1. The molecule has 2 atom stereocenters. The molecule has 0 saturated carbocycles. The lowest BCUT2D eigenvalue weighted by atomic mass is 10.0. The van der Waals surface area contributed by atoms with Gasteiger partial charge in [0, 0.05) is 26.1 Å². The number of likely N-dealkylation sites (tertiary alicyclic amines) is 1. The first-order valence-corrected chi connectivity index (χ1v) is 6.71. The molecule has 0 aliphatic carbocycles. The summed E-state index contributed by atoms with van der Waals surface area (Å²) in [5.74, 6) is -0.737. The minimum absolute atomic E-state index is 0.0543. The minimum Gasteiger partial charge on any atom is -0.481 e. The molecule has 0 spiro atoms. The maximum atomic E-state index is 11.6. The van der Waals surface area contributed by atoms with Crippen LogP contribution < -0.4 is 5.32 Å². The van der Waals surface area contributed by atoms with Gasteiger partial charge in [-0.1, -0.05) is 13.8 Å². The molecular formula is C13H24N2O3. The number of hydrogen-bond donors (Lipinski definition) is 2. The fourth-order valence-corrected chi connectivity index (χ4v) is 2.19. The van der Waals surface area contributed by atoms with Crippen LogP contribution >= 0.6 is 0 Å². The maximum Gasteiger partial charge on any atom is 0.308 e. The highest BCUT2D eigenvalue weighted by molar-refractivity contribution is 5.77. The van der Waals surface area contributed by atoms with Gasteiger partial charge in [-0.15, -0.1) is 0 Å². The third-order valence-corrected chi connectivity index (χ3v) is 3.42. The van der Waals surface area contributed by atoms with Crippen molar-refractivity contribution in [1.82, 2.24) is 10.2 Å². The zero-order valence-electron chi connectivity index (χ0n) is 11.3. The molecule has 0 aromatic carbocycles. The van der Waals surface area contributed by atoms with Crippen LogP contribution in [0.2, 0.25) is 0 Å². The number of carboxylic acid groups (broad SMARTS) is 1. The van der Waals surface area contributed by atoms with Crippen molar-refractivity contribution >= 4 is 11.9 Å². The van der Waals surface area contributed by atoms with E-state index in [1.807, 2.05) is 0 Å². The fourth-order valence-electron chi connectivity index (χ4n) is 2.19. The molecule has 1 saturated heterocycles. The average Bonchev–Trinajstić information content (AvgIpc) is 2.33. The van der Waals surface area contributed by atoms with Crippen LogP contribution in [0.15, 0.2) is 0 Å². The van der Waals surface area contributed by atoms with E-state index in [-0.39, 0.29) is 12.5 Å². The first kappa shape index (κ1) is 15.0. The molecule has 2 unspecified atom stereocenters. The number of carbonyl (C=O) groups excluding carboxylic acids is 1. The maximum absolute atomic E-state index is 11.6. The summed E-state index contributed by atoms with van der Waals surface area (Å²) in [7, 11) is 0. The Morgan fingerprint density at radius 2 is 2.22 bits per heavy atom. The number of carbonyl (C=O) groups is 2. The normalized spacial score (nSPS) is 22.4. The van der Waals surface area contributed by atoms with Crippen molar-refractivity contribution < 1.29 is 14.7 Å². The van der Waals surface area contributed by atoms with Gasteiger partial charge in [0.25, 0.3) is 0 Å². The van der Waals surface area contributed by atoms with Crippen molar-refractivity contribution in [3.63, 3.8) is 0 Å². The summed E-state index contributed by atoms with van der Waals surface area (Å²) < 4.78 is 0. The predicted molar refractivity (Wildman–Crippen MR) is 69.3 cm³/mol. The van der Waals surface area contributed by atoms with Crippen LogP contribution in [0.25, 0.3) is 0 Å². The summed E-state index contributed by atoms with van der Waals surface area (Å²) in [5, 5.41) is 11.4. The summed E-state index contributed by atoms with van der Waals surface area (Å²) in [4.78, 5) is 24.5. The van der Waals surface area contributed by atoms with Crippen molar-refractivity contribution in [3.8, 4) is 0 Å². The van der Waals surface area contributed by atoms with Crippen molar-refractivity contribution in [2.24, 2.45) is 11.8 Å². The van der Waals surface area contributed by atoms with Crippen molar-refractivity contribution in [3.05, 3.63) is 0 Å². The number of piperidine rings is 1. The van der Waals surface area contributed by atoms with Crippen LogP contribution in [0.4, 0.5) is 0 Å². The van der Waals surface area contributed by atoms with Gasteiger partial charge in [0.1, 0.15) is 0 Å². The van der Waals surface area contributed by atoms with E-state index >= 15 is 0 Å². The average molecular weight is 256 g/mol. The van der Waals surface area contributed by atoms with Crippen LogP contribution in [0.3, 0.4) is 0 Å². The molecule has 18 heavy (non-hydrogen) atoms. The molecule has 0 bridgehead atoms. The summed E-state index contributed by atoms with van der Waals surface area (Å²) in [5.41, 5.74) is 0. The number of carboxylic acids is 1. The minimum atomic E-state index is -0.875. The van der Waals surface area contributed by atoms with Gasteiger partial charge in [0.2, 0.25) is 5.91 Å². The molecule has 1 rings (SSSR count). The Labute approximate surface area is 109 Å². The van der Waals surface area contributed by atoms with Crippen LogP contribution in [0.1, 0.15) is 33.1 Å². The van der Waals surface area contributed by atoms with Gasteiger partial charge in [-0.2, -0.15) is 0 Å². The Balaban J connectivity index is 2.14. The summed E-state index contributed by atoms with van der Waals surface area (Å²) >= 11 is 0. The van der Waals surface area contributed by atoms with Gasteiger partial charge < -0.3 is 15.3 Å². The molecule has 1 aliphatic rings. The smallest absolute Gasteiger partial charge is 0.308 e. The zero-order chi connectivity index (χ0) is 13.5. The predicted octanol–water partition coefficient (Wildman–Crippen LogP) is 0.945. The second-order valence-corrected chi connectivity index (χ2v) is 5.34. The Morgan fingerprint density at radius 1 is 1.50 bits per heavy atom. The Hall–Kier alpha value is -1.10. The van der Waals surface area contributed by atoms with E-state index in [0.29, 0.717) is 12.3 Å². The number of nitrogens with one attached hydrogen (secondary N) is 1. The SMILES string of the molecule is CC1CCCN(CCC(=O)NCC(C)C(=O)O)C1. The van der Waals surface area contributed by atoms with Crippen LogP contribution in [-0.2, 0) is 9.59 Å². The molecule has 1 aliphatic heterocycles. The van der Waals surface area contributed by atoms with Crippen molar-refractivity contribution in [1.29, 1.82) is 0 Å². The van der Waals surface area contributed by atoms with E-state index in [4.69, 9.17) is 5.11 Å². The van der Waals surface area contributed by atoms with E-state index in [1.54, 1.807) is 6.92 Å². The monoisotopic (exact) mass is 256 g/mol. The third-order valence-electron chi connectivity index (χ3n) is 3.42. The van der Waals surface area contributed by atoms with Crippen molar-refractivity contribution in [2.45, 2.75) is 33.1 Å². The molecule has 1 amide bonds. The molecule has 5 heteroatoms. The number of rotatable bonds is 6. The lowest BCUT2D eigenvalue weighted by Gasteiger charge is -2.30. The zero-order valence-corrected chi connectivity index (χ0v) is 11.3. The molecule has 5 nitrogen and oxygen atoms in total. The van der Waals surface area contributed by atoms with Gasteiger partial charge in [-0.25, -0.2) is 0 Å². The first-order chi connectivity index (χ1) is 8.49. The topological polar surface area (TPSA) is 69.6 Å². The number of nitrogens with zero attached hydrogens (tertiary/aromatic N) is 1. The molecule has 0 radical (unpaired) electrons. The summed E-state index contributed by atoms with van der Waals surface area (Å²) in [6.45, 7) is 6.96. The molecule has 1 fully saturated rings. The van der Waals surface area contributed by atoms with Gasteiger partial charge in [0.05, 0.1) is 5.92 Å². The molecule has 0 aromatic rings. The lowest BCUT2D eigenvalue weighted by molar-refractivity contribution is -0.141. The number of amides is 1. The Morgan fingerprint density at radius 3 is 2.83 bits per heavy atom. The third kappa shape index (κ3) is 5.49. The molecule has 1 heterocycles. The van der Waals surface area contributed by atoms with Gasteiger partial charge in [-0.3, -0.25) is 9.59 Å². The van der Waals surface area contributed by atoms with Crippen LogP contribution in [0, 0.1) is 11.8 Å². The molecule has 0 aromatic heterocycles. The highest BCUT2D eigenvalue weighted by atomic mass is 16.4. The second-order valence-electron chi connectivity index (χ2n) is 5.34. The first-order valence-electron chi connectivity index (χ1n) is 6.71. The highest BCUT2D eigenvalue weighted by Crippen LogP contribution is 2.15.